The molecule has 0 amide bonds. The van der Waals surface area contributed by atoms with E-state index < -0.39 is 0 Å². The maximum Gasteiger partial charge on any atom is 0.0469 e. The van der Waals surface area contributed by atoms with Crippen molar-refractivity contribution in [3.8, 4) is 0 Å². The summed E-state index contributed by atoms with van der Waals surface area (Å²) in [5.74, 6) is 0.688. The van der Waals surface area contributed by atoms with Crippen molar-refractivity contribution >= 4 is 15.9 Å². The van der Waals surface area contributed by atoms with Gasteiger partial charge in [-0.2, -0.15) is 0 Å². The van der Waals surface area contributed by atoms with Crippen molar-refractivity contribution in [2.75, 3.05) is 19.8 Å². The Morgan fingerprint density at radius 3 is 2.79 bits per heavy atom. The zero-order chi connectivity index (χ0) is 13.7. The van der Waals surface area contributed by atoms with E-state index >= 15 is 0 Å². The van der Waals surface area contributed by atoms with Gasteiger partial charge in [-0.25, -0.2) is 0 Å². The third kappa shape index (κ3) is 3.80. The topological polar surface area (TPSA) is 21.3 Å². The van der Waals surface area contributed by atoms with Crippen molar-refractivity contribution in [2.24, 2.45) is 5.92 Å². The maximum absolute atomic E-state index is 5.51. The van der Waals surface area contributed by atoms with E-state index in [9.17, 15) is 0 Å². The highest BCUT2D eigenvalue weighted by atomic mass is 79.9. The fourth-order valence-electron chi connectivity index (χ4n) is 2.84. The Kier molecular flexibility index (Phi) is 5.86. The molecule has 1 fully saturated rings. The molecule has 1 N–H and O–H groups in total. The molecule has 3 heteroatoms. The van der Waals surface area contributed by atoms with Crippen LogP contribution in [0.3, 0.4) is 0 Å². The van der Waals surface area contributed by atoms with Crippen molar-refractivity contribution in [3.63, 3.8) is 0 Å². The fraction of sp³-hybridized carbons (Fsp3) is 0.625. The van der Waals surface area contributed by atoms with Gasteiger partial charge in [-0.05, 0) is 55.8 Å². The predicted molar refractivity (Wildman–Crippen MR) is 83.5 cm³/mol. The second kappa shape index (κ2) is 7.41. The van der Waals surface area contributed by atoms with E-state index in [4.69, 9.17) is 4.74 Å². The van der Waals surface area contributed by atoms with Crippen LogP contribution in [0.25, 0.3) is 0 Å². The van der Waals surface area contributed by atoms with E-state index in [-0.39, 0.29) is 0 Å². The summed E-state index contributed by atoms with van der Waals surface area (Å²) in [4.78, 5) is 0. The van der Waals surface area contributed by atoms with Gasteiger partial charge >= 0.3 is 0 Å². The van der Waals surface area contributed by atoms with Gasteiger partial charge in [-0.1, -0.05) is 35.0 Å². The number of hydrogen-bond donors (Lipinski definition) is 1. The standard InChI is InChI=1S/C16H24BrNO/c1-3-9-18-16(13-7-10-19-11-8-13)14-5-4-6-15(17)12(14)2/h4-6,13,16,18H,3,7-11H2,1-2H3. The molecule has 1 unspecified atom stereocenters. The van der Waals surface area contributed by atoms with Crippen molar-refractivity contribution in [3.05, 3.63) is 33.8 Å². The first-order valence-corrected chi connectivity index (χ1v) is 8.09. The molecule has 0 aliphatic carbocycles. The first kappa shape index (κ1) is 15.0. The molecule has 0 spiro atoms. The van der Waals surface area contributed by atoms with E-state index in [1.54, 1.807) is 0 Å². The number of rotatable bonds is 5. The molecular formula is C16H24BrNO. The SMILES string of the molecule is CCCNC(c1cccc(Br)c1C)C1CCOCC1. The Morgan fingerprint density at radius 2 is 2.11 bits per heavy atom. The van der Waals surface area contributed by atoms with Crippen LogP contribution in [0.15, 0.2) is 22.7 Å². The molecule has 1 aliphatic rings. The molecule has 1 saturated heterocycles. The lowest BCUT2D eigenvalue weighted by Gasteiger charge is -2.32. The molecule has 0 aromatic heterocycles. The normalized spacial score (nSPS) is 18.5. The second-order valence-electron chi connectivity index (χ2n) is 5.34. The minimum absolute atomic E-state index is 0.460. The molecule has 19 heavy (non-hydrogen) atoms. The molecule has 2 nitrogen and oxygen atoms in total. The molecule has 2 rings (SSSR count). The summed E-state index contributed by atoms with van der Waals surface area (Å²) < 4.78 is 6.72. The summed E-state index contributed by atoms with van der Waals surface area (Å²) in [5, 5.41) is 3.75. The number of hydrogen-bond acceptors (Lipinski definition) is 2. The zero-order valence-corrected chi connectivity index (χ0v) is 13.5. The van der Waals surface area contributed by atoms with Crippen molar-refractivity contribution in [1.82, 2.24) is 5.32 Å². The third-order valence-electron chi connectivity index (χ3n) is 4.00. The molecule has 106 valence electrons. The highest BCUT2D eigenvalue weighted by Crippen LogP contribution is 2.33. The maximum atomic E-state index is 5.51. The van der Waals surface area contributed by atoms with Gasteiger partial charge in [0.1, 0.15) is 0 Å². The lowest BCUT2D eigenvalue weighted by atomic mass is 9.85. The highest BCUT2D eigenvalue weighted by molar-refractivity contribution is 9.10. The highest BCUT2D eigenvalue weighted by Gasteiger charge is 2.26. The second-order valence-corrected chi connectivity index (χ2v) is 6.19. The monoisotopic (exact) mass is 325 g/mol. The van der Waals surface area contributed by atoms with Crippen LogP contribution < -0.4 is 5.32 Å². The Balaban J connectivity index is 2.22. The van der Waals surface area contributed by atoms with Crippen LogP contribution in [0.2, 0.25) is 0 Å². The summed E-state index contributed by atoms with van der Waals surface area (Å²) in [7, 11) is 0. The third-order valence-corrected chi connectivity index (χ3v) is 4.86. The van der Waals surface area contributed by atoms with Gasteiger partial charge in [0.05, 0.1) is 0 Å². The van der Waals surface area contributed by atoms with Crippen LogP contribution in [0, 0.1) is 12.8 Å². The molecule has 1 aromatic rings. The summed E-state index contributed by atoms with van der Waals surface area (Å²) >= 11 is 3.65. The number of halogens is 1. The van der Waals surface area contributed by atoms with Crippen molar-refractivity contribution < 1.29 is 4.74 Å². The first-order valence-electron chi connectivity index (χ1n) is 7.30. The van der Waals surface area contributed by atoms with Crippen LogP contribution in [-0.2, 0) is 4.74 Å². The average molecular weight is 326 g/mol. The number of nitrogens with one attached hydrogen (secondary N) is 1. The Morgan fingerprint density at radius 1 is 1.37 bits per heavy atom. The van der Waals surface area contributed by atoms with Crippen LogP contribution in [0.4, 0.5) is 0 Å². The molecule has 1 atom stereocenters. The largest absolute Gasteiger partial charge is 0.381 e. The quantitative estimate of drug-likeness (QED) is 0.874. The van der Waals surface area contributed by atoms with Gasteiger partial charge in [0.15, 0.2) is 0 Å². The molecule has 0 bridgehead atoms. The number of benzene rings is 1. The van der Waals surface area contributed by atoms with E-state index in [2.05, 4.69) is 53.3 Å². The molecule has 0 radical (unpaired) electrons. The molecular weight excluding hydrogens is 302 g/mol. The Hall–Kier alpha value is -0.380. The van der Waals surface area contributed by atoms with E-state index in [1.807, 2.05) is 0 Å². The van der Waals surface area contributed by atoms with E-state index in [1.165, 1.54) is 22.0 Å². The number of ether oxygens (including phenoxy) is 1. The van der Waals surface area contributed by atoms with Gasteiger partial charge in [-0.15, -0.1) is 0 Å². The predicted octanol–water partition coefficient (Wildman–Crippen LogP) is 4.22. The van der Waals surface area contributed by atoms with Gasteiger partial charge in [0.25, 0.3) is 0 Å². The van der Waals surface area contributed by atoms with Crippen LogP contribution in [0.1, 0.15) is 43.4 Å². The van der Waals surface area contributed by atoms with Gasteiger partial charge in [0, 0.05) is 23.7 Å². The van der Waals surface area contributed by atoms with E-state index in [0.29, 0.717) is 12.0 Å². The smallest absolute Gasteiger partial charge is 0.0469 e. The Bertz CT molecular complexity index is 402. The minimum atomic E-state index is 0.460. The summed E-state index contributed by atoms with van der Waals surface area (Å²) in [5.41, 5.74) is 2.80. The lowest BCUT2D eigenvalue weighted by molar-refractivity contribution is 0.0535. The summed E-state index contributed by atoms with van der Waals surface area (Å²) in [6.45, 7) is 7.32. The summed E-state index contributed by atoms with van der Waals surface area (Å²) in [6, 6.07) is 7.00. The van der Waals surface area contributed by atoms with Crippen molar-refractivity contribution in [2.45, 2.75) is 39.2 Å². The fourth-order valence-corrected chi connectivity index (χ4v) is 3.22. The molecule has 1 aliphatic heterocycles. The zero-order valence-electron chi connectivity index (χ0n) is 11.9. The van der Waals surface area contributed by atoms with Gasteiger partial charge in [-0.3, -0.25) is 0 Å². The lowest BCUT2D eigenvalue weighted by Crippen LogP contribution is -2.33. The van der Waals surface area contributed by atoms with Gasteiger partial charge in [0.2, 0.25) is 0 Å². The molecule has 1 aromatic carbocycles. The first-order chi connectivity index (χ1) is 9.24. The minimum Gasteiger partial charge on any atom is -0.381 e. The molecule has 0 saturated carbocycles. The van der Waals surface area contributed by atoms with Crippen LogP contribution >= 0.6 is 15.9 Å². The van der Waals surface area contributed by atoms with Crippen molar-refractivity contribution in [1.29, 1.82) is 0 Å². The van der Waals surface area contributed by atoms with Gasteiger partial charge < -0.3 is 10.1 Å². The van der Waals surface area contributed by atoms with Crippen LogP contribution in [0.5, 0.6) is 0 Å². The average Bonchev–Trinajstić information content (AvgIpc) is 2.45. The summed E-state index contributed by atoms with van der Waals surface area (Å²) in [6.07, 6.45) is 3.49. The van der Waals surface area contributed by atoms with E-state index in [0.717, 1.165) is 32.6 Å². The van der Waals surface area contributed by atoms with Crippen LogP contribution in [-0.4, -0.2) is 19.8 Å². The molecule has 1 heterocycles. The Labute approximate surface area is 125 Å².